The van der Waals surface area contributed by atoms with Crippen molar-refractivity contribution in [3.8, 4) is 28.3 Å². The molecule has 0 spiro atoms. The highest BCUT2D eigenvalue weighted by molar-refractivity contribution is 5.86. The lowest BCUT2D eigenvalue weighted by atomic mass is 10.1. The van der Waals surface area contributed by atoms with Gasteiger partial charge in [-0.05, 0) is 54.4 Å². The van der Waals surface area contributed by atoms with Gasteiger partial charge in [0, 0.05) is 5.39 Å². The fourth-order valence-corrected chi connectivity index (χ4v) is 4.20. The molecule has 2 heterocycles. The molecule has 0 aliphatic heterocycles. The van der Waals surface area contributed by atoms with E-state index in [-0.39, 0.29) is 0 Å². The summed E-state index contributed by atoms with van der Waals surface area (Å²) in [5, 5.41) is 0.921. The average molecular weight is 458 g/mol. The molecule has 0 amide bonds. The number of fused-ring (bicyclic) bond motifs is 2. The summed E-state index contributed by atoms with van der Waals surface area (Å²) in [7, 11) is 0. The molecular formula is C30H23N3O2. The predicted molar refractivity (Wildman–Crippen MR) is 140 cm³/mol. The minimum Gasteiger partial charge on any atom is -0.490 e. The highest BCUT2D eigenvalue weighted by Crippen LogP contribution is 2.29. The average Bonchev–Trinajstić information content (AvgIpc) is 3.34. The fraction of sp³-hybridized carbons (Fsp3) is 0.0667. The molecular weight excluding hydrogens is 434 g/mol. The summed E-state index contributed by atoms with van der Waals surface area (Å²) in [4.78, 5) is 13.1. The molecule has 5 nitrogen and oxygen atoms in total. The van der Waals surface area contributed by atoms with Gasteiger partial charge in [0.05, 0.1) is 28.9 Å². The minimum atomic E-state index is 0.469. The molecule has 0 saturated carbocycles. The van der Waals surface area contributed by atoms with Gasteiger partial charge in [0.2, 0.25) is 5.55 Å². The first-order valence-corrected chi connectivity index (χ1v) is 11.6. The van der Waals surface area contributed by atoms with Gasteiger partial charge < -0.3 is 14.1 Å². The van der Waals surface area contributed by atoms with Crippen molar-refractivity contribution in [1.82, 2.24) is 9.97 Å². The Balaban J connectivity index is 1.54. The Morgan fingerprint density at radius 1 is 0.829 bits per heavy atom. The molecule has 1 N–H and O–H groups in total. The van der Waals surface area contributed by atoms with E-state index in [0.29, 0.717) is 29.3 Å². The second-order valence-electron chi connectivity index (χ2n) is 8.20. The molecule has 4 aromatic carbocycles. The van der Waals surface area contributed by atoms with Crippen molar-refractivity contribution in [3.63, 3.8) is 0 Å². The molecule has 0 unspecified atom stereocenters. The van der Waals surface area contributed by atoms with Crippen molar-refractivity contribution < 1.29 is 9.15 Å². The molecule has 170 valence electrons. The Morgan fingerprint density at radius 3 is 2.40 bits per heavy atom. The number of aromatic amines is 1. The number of imidazole rings is 1. The van der Waals surface area contributed by atoms with E-state index < -0.39 is 0 Å². The van der Waals surface area contributed by atoms with E-state index in [1.54, 1.807) is 0 Å². The monoisotopic (exact) mass is 457 g/mol. The van der Waals surface area contributed by atoms with Crippen LogP contribution >= 0.6 is 0 Å². The molecule has 2 aromatic heterocycles. The normalized spacial score (nSPS) is 11.9. The van der Waals surface area contributed by atoms with E-state index in [4.69, 9.17) is 19.1 Å². The van der Waals surface area contributed by atoms with Crippen LogP contribution in [0.25, 0.3) is 44.5 Å². The van der Waals surface area contributed by atoms with Crippen LogP contribution < -0.4 is 10.3 Å². The SMILES string of the molecule is CCOc1cccc2cc(-c3nc4ccccc4[nH]3)c(=Nc3ccc(-c4ccccc4)cc3)oc12. The van der Waals surface area contributed by atoms with Crippen molar-refractivity contribution in [2.75, 3.05) is 6.61 Å². The van der Waals surface area contributed by atoms with Gasteiger partial charge in [-0.3, -0.25) is 0 Å². The number of nitrogens with one attached hydrogen (secondary N) is 1. The van der Waals surface area contributed by atoms with Gasteiger partial charge in [0.1, 0.15) is 5.82 Å². The fourth-order valence-electron chi connectivity index (χ4n) is 4.20. The summed E-state index contributed by atoms with van der Waals surface area (Å²) in [5.74, 6) is 1.40. The Labute approximate surface area is 202 Å². The van der Waals surface area contributed by atoms with Crippen LogP contribution in [0.4, 0.5) is 5.69 Å². The summed E-state index contributed by atoms with van der Waals surface area (Å²) in [6.45, 7) is 2.51. The van der Waals surface area contributed by atoms with Gasteiger partial charge in [-0.2, -0.15) is 0 Å². The molecule has 6 aromatic rings. The maximum atomic E-state index is 6.39. The molecule has 0 radical (unpaired) electrons. The van der Waals surface area contributed by atoms with Crippen LogP contribution in [0.3, 0.4) is 0 Å². The zero-order valence-corrected chi connectivity index (χ0v) is 19.2. The molecule has 0 aliphatic rings. The zero-order valence-electron chi connectivity index (χ0n) is 19.2. The van der Waals surface area contributed by atoms with E-state index >= 15 is 0 Å². The number of ether oxygens (including phenoxy) is 1. The highest BCUT2D eigenvalue weighted by atomic mass is 16.5. The first-order valence-electron chi connectivity index (χ1n) is 11.6. The maximum absolute atomic E-state index is 6.39. The summed E-state index contributed by atoms with van der Waals surface area (Å²) in [6, 6.07) is 34.3. The number of benzene rings is 4. The van der Waals surface area contributed by atoms with Crippen LogP contribution in [0, 0.1) is 0 Å². The van der Waals surface area contributed by atoms with E-state index in [2.05, 4.69) is 35.3 Å². The molecule has 0 bridgehead atoms. The second kappa shape index (κ2) is 8.95. The van der Waals surface area contributed by atoms with Crippen LogP contribution in [0.15, 0.2) is 113 Å². The molecule has 35 heavy (non-hydrogen) atoms. The van der Waals surface area contributed by atoms with Crippen molar-refractivity contribution in [3.05, 3.63) is 109 Å². The van der Waals surface area contributed by atoms with E-state index in [1.807, 2.05) is 79.7 Å². The number of hydrogen-bond donors (Lipinski definition) is 1. The Kier molecular flexibility index (Phi) is 5.35. The number of H-pyrrole nitrogens is 1. The molecule has 5 heteroatoms. The van der Waals surface area contributed by atoms with Crippen LogP contribution in [-0.4, -0.2) is 16.6 Å². The van der Waals surface area contributed by atoms with E-state index in [9.17, 15) is 0 Å². The molecule has 6 rings (SSSR count). The van der Waals surface area contributed by atoms with Crippen molar-refractivity contribution >= 4 is 27.7 Å². The van der Waals surface area contributed by atoms with Gasteiger partial charge in [0.15, 0.2) is 11.3 Å². The molecule has 0 fully saturated rings. The molecule has 0 atom stereocenters. The van der Waals surface area contributed by atoms with Gasteiger partial charge >= 0.3 is 0 Å². The van der Waals surface area contributed by atoms with Crippen molar-refractivity contribution in [2.24, 2.45) is 4.99 Å². The second-order valence-corrected chi connectivity index (χ2v) is 8.20. The summed E-state index contributed by atoms with van der Waals surface area (Å²) in [5.41, 5.74) is 6.86. The van der Waals surface area contributed by atoms with Crippen LogP contribution in [0.5, 0.6) is 5.75 Å². The number of nitrogens with zero attached hydrogens (tertiary/aromatic N) is 2. The summed E-state index contributed by atoms with van der Waals surface area (Å²) in [6.07, 6.45) is 0. The maximum Gasteiger partial charge on any atom is 0.231 e. The van der Waals surface area contributed by atoms with E-state index in [0.717, 1.165) is 33.2 Å². The molecule has 0 aliphatic carbocycles. The topological polar surface area (TPSA) is 63.4 Å². The third-order valence-corrected chi connectivity index (χ3v) is 5.89. The lowest BCUT2D eigenvalue weighted by Crippen LogP contribution is -2.07. The minimum absolute atomic E-state index is 0.469. The first kappa shape index (κ1) is 20.9. The number of rotatable bonds is 5. The summed E-state index contributed by atoms with van der Waals surface area (Å²) < 4.78 is 12.2. The Morgan fingerprint density at radius 2 is 1.60 bits per heavy atom. The van der Waals surface area contributed by atoms with Gasteiger partial charge in [-0.15, -0.1) is 0 Å². The Bertz CT molecular complexity index is 1660. The van der Waals surface area contributed by atoms with Crippen LogP contribution in [0.2, 0.25) is 0 Å². The van der Waals surface area contributed by atoms with Crippen LogP contribution in [0.1, 0.15) is 6.92 Å². The summed E-state index contributed by atoms with van der Waals surface area (Å²) >= 11 is 0. The third kappa shape index (κ3) is 4.08. The van der Waals surface area contributed by atoms with Crippen LogP contribution in [-0.2, 0) is 0 Å². The lowest BCUT2D eigenvalue weighted by Gasteiger charge is -2.08. The lowest BCUT2D eigenvalue weighted by molar-refractivity contribution is 0.337. The van der Waals surface area contributed by atoms with Gasteiger partial charge in [-0.25, -0.2) is 9.98 Å². The first-order chi connectivity index (χ1) is 17.3. The van der Waals surface area contributed by atoms with Gasteiger partial charge in [-0.1, -0.05) is 66.7 Å². The number of hydrogen-bond acceptors (Lipinski definition) is 4. The quantitative estimate of drug-likeness (QED) is 0.296. The Hall–Kier alpha value is -4.64. The largest absolute Gasteiger partial charge is 0.490 e. The molecule has 0 saturated heterocycles. The van der Waals surface area contributed by atoms with E-state index in [1.165, 1.54) is 5.56 Å². The third-order valence-electron chi connectivity index (χ3n) is 5.89. The number of aromatic nitrogens is 2. The number of para-hydroxylation sites is 3. The smallest absolute Gasteiger partial charge is 0.231 e. The predicted octanol–water partition coefficient (Wildman–Crippen LogP) is 7.27. The standard InChI is InChI=1S/C30H23N3O2/c1-2-34-27-14-8-11-22-19-24(29-32-25-12-6-7-13-26(25)33-29)30(35-28(22)27)31-23-17-15-21(16-18-23)20-9-4-3-5-10-20/h3-19H,2H2,1H3,(H,32,33). The van der Waals surface area contributed by atoms with Gasteiger partial charge in [0.25, 0.3) is 0 Å². The zero-order chi connectivity index (χ0) is 23.6. The van der Waals surface area contributed by atoms with Crippen molar-refractivity contribution in [1.29, 1.82) is 0 Å². The van der Waals surface area contributed by atoms with Crippen molar-refractivity contribution in [2.45, 2.75) is 6.92 Å². The highest BCUT2D eigenvalue weighted by Gasteiger charge is 2.14.